The number of nitrogens with one attached hydrogen (secondary N) is 3. The summed E-state index contributed by atoms with van der Waals surface area (Å²) in [6, 6.07) is 14.8. The fourth-order valence-electron chi connectivity index (χ4n) is 2.54. The summed E-state index contributed by atoms with van der Waals surface area (Å²) in [7, 11) is 3.51. The van der Waals surface area contributed by atoms with Crippen LogP contribution in [0.2, 0.25) is 0 Å². The molecule has 1 atom stereocenters. The van der Waals surface area contributed by atoms with Crippen molar-refractivity contribution in [1.29, 1.82) is 0 Å². The van der Waals surface area contributed by atoms with E-state index in [0.29, 0.717) is 13.1 Å². The number of carbonyl (C=O) groups excluding carboxylic acids is 2. The second-order valence-corrected chi connectivity index (χ2v) is 6.90. The zero-order chi connectivity index (χ0) is 18.9. The smallest absolute Gasteiger partial charge is 0.321 e. The van der Waals surface area contributed by atoms with E-state index in [4.69, 9.17) is 4.74 Å². The minimum absolute atomic E-state index is 0.175. The normalized spacial score (nSPS) is 11.5. The van der Waals surface area contributed by atoms with Gasteiger partial charge in [0.15, 0.2) is 6.54 Å². The van der Waals surface area contributed by atoms with Crippen molar-refractivity contribution in [3.63, 3.8) is 0 Å². The van der Waals surface area contributed by atoms with Crippen LogP contribution in [0.4, 0.5) is 4.79 Å². The molecule has 0 saturated carbocycles. The van der Waals surface area contributed by atoms with E-state index in [0.717, 1.165) is 26.2 Å². The molecule has 2 rings (SSSR count). The number of imide groups is 1. The topological polar surface area (TPSA) is 71.9 Å². The molecule has 0 saturated heterocycles. The van der Waals surface area contributed by atoms with Gasteiger partial charge in [0.1, 0.15) is 12.3 Å². The predicted octanol–water partition coefficient (Wildman–Crippen LogP) is 1.50. The van der Waals surface area contributed by atoms with Gasteiger partial charge in [0.25, 0.3) is 5.91 Å². The van der Waals surface area contributed by atoms with Gasteiger partial charge < -0.3 is 15.0 Å². The third kappa shape index (κ3) is 6.50. The Labute approximate surface area is 161 Å². The molecular weight excluding hydrogens is 398 g/mol. The van der Waals surface area contributed by atoms with Gasteiger partial charge in [-0.3, -0.25) is 10.1 Å². The summed E-state index contributed by atoms with van der Waals surface area (Å²) in [5.41, 5.74) is 1.96. The van der Waals surface area contributed by atoms with E-state index < -0.39 is 6.03 Å². The van der Waals surface area contributed by atoms with Gasteiger partial charge in [-0.25, -0.2) is 4.79 Å². The van der Waals surface area contributed by atoms with Crippen molar-refractivity contribution in [2.24, 2.45) is 0 Å². The van der Waals surface area contributed by atoms with Gasteiger partial charge in [0, 0.05) is 16.6 Å². The monoisotopic (exact) mass is 420 g/mol. The van der Waals surface area contributed by atoms with Crippen LogP contribution in [0.15, 0.2) is 53.0 Å². The first-order valence-corrected chi connectivity index (χ1v) is 9.02. The van der Waals surface area contributed by atoms with E-state index in [1.807, 2.05) is 55.6 Å². The van der Waals surface area contributed by atoms with Gasteiger partial charge in [-0.2, -0.15) is 0 Å². The molecule has 0 bridgehead atoms. The Bertz CT molecular complexity index is 753. The fourth-order valence-corrected chi connectivity index (χ4v) is 2.95. The molecule has 26 heavy (non-hydrogen) atoms. The number of halogens is 1. The lowest BCUT2D eigenvalue weighted by Crippen LogP contribution is -3.09. The number of likely N-dealkylation sites (N-methyl/N-ethyl adjacent to an activating group) is 1. The van der Waals surface area contributed by atoms with Crippen molar-refractivity contribution in [3.05, 3.63) is 64.1 Å². The number of hydrogen-bond donors (Lipinski definition) is 3. The highest BCUT2D eigenvalue weighted by Crippen LogP contribution is 2.21. The van der Waals surface area contributed by atoms with E-state index in [1.165, 1.54) is 0 Å². The molecule has 2 aromatic carbocycles. The van der Waals surface area contributed by atoms with Crippen LogP contribution in [0, 0.1) is 0 Å². The fraction of sp³-hybridized carbons (Fsp3) is 0.263. The number of carbonyl (C=O) groups is 2. The number of urea groups is 1. The van der Waals surface area contributed by atoms with Crippen LogP contribution in [0.1, 0.15) is 11.1 Å². The lowest BCUT2D eigenvalue weighted by atomic mass is 10.2. The summed E-state index contributed by atoms with van der Waals surface area (Å²) in [6.07, 6.45) is 0. The van der Waals surface area contributed by atoms with Gasteiger partial charge in [-0.05, 0) is 23.8 Å². The Hall–Kier alpha value is -2.38. The first-order valence-electron chi connectivity index (χ1n) is 8.23. The third-order valence-electron chi connectivity index (χ3n) is 3.75. The Morgan fingerprint density at radius 3 is 2.58 bits per heavy atom. The van der Waals surface area contributed by atoms with E-state index in [9.17, 15) is 9.59 Å². The summed E-state index contributed by atoms with van der Waals surface area (Å²) < 4.78 is 6.30. The van der Waals surface area contributed by atoms with E-state index in [1.54, 1.807) is 7.11 Å². The molecule has 138 valence electrons. The second kappa shape index (κ2) is 9.94. The predicted molar refractivity (Wildman–Crippen MR) is 103 cm³/mol. The number of benzene rings is 2. The Morgan fingerprint density at radius 1 is 1.15 bits per heavy atom. The lowest BCUT2D eigenvalue weighted by molar-refractivity contribution is -0.885. The molecule has 3 N–H and O–H groups in total. The number of methoxy groups -OCH3 is 1. The van der Waals surface area contributed by atoms with E-state index in [2.05, 4.69) is 26.6 Å². The SMILES string of the molecule is COc1ccc(Br)cc1C[NH+](C)CC(=O)NC(=O)NCc1ccccc1. The van der Waals surface area contributed by atoms with Crippen molar-refractivity contribution in [1.82, 2.24) is 10.6 Å². The van der Waals surface area contributed by atoms with Crippen molar-refractivity contribution < 1.29 is 19.2 Å². The van der Waals surface area contributed by atoms with Gasteiger partial charge in [-0.15, -0.1) is 0 Å². The second-order valence-electron chi connectivity index (χ2n) is 5.98. The maximum absolute atomic E-state index is 12.1. The molecule has 7 heteroatoms. The van der Waals surface area contributed by atoms with Crippen LogP contribution in [0.5, 0.6) is 5.75 Å². The molecule has 2 aromatic rings. The summed E-state index contributed by atoms with van der Waals surface area (Å²) in [4.78, 5) is 24.8. The van der Waals surface area contributed by atoms with Crippen LogP contribution in [0.3, 0.4) is 0 Å². The number of amides is 3. The standard InChI is InChI=1S/C19H22BrN3O3/c1-23(12-15-10-16(20)8-9-17(15)26-2)13-18(24)22-19(25)21-11-14-6-4-3-5-7-14/h3-10H,11-13H2,1-2H3,(H2,21,22,24,25)/p+1. The molecular formula is C19H23BrN3O3+. The van der Waals surface area contributed by atoms with Gasteiger partial charge in [0.05, 0.1) is 14.2 Å². The highest BCUT2D eigenvalue weighted by Gasteiger charge is 2.15. The van der Waals surface area contributed by atoms with Crippen LogP contribution < -0.4 is 20.3 Å². The first-order chi connectivity index (χ1) is 12.5. The van der Waals surface area contributed by atoms with E-state index in [-0.39, 0.29) is 12.5 Å². The Kier molecular flexibility index (Phi) is 7.62. The lowest BCUT2D eigenvalue weighted by Gasteiger charge is -2.16. The summed E-state index contributed by atoms with van der Waals surface area (Å²) >= 11 is 3.44. The molecule has 6 nitrogen and oxygen atoms in total. The van der Waals surface area contributed by atoms with Crippen molar-refractivity contribution in [2.75, 3.05) is 20.7 Å². The van der Waals surface area contributed by atoms with Crippen LogP contribution in [-0.2, 0) is 17.9 Å². The molecule has 0 aliphatic heterocycles. The summed E-state index contributed by atoms with van der Waals surface area (Å²) in [5.74, 6) is 0.440. The average Bonchev–Trinajstić information content (AvgIpc) is 2.61. The molecule has 0 aromatic heterocycles. The quantitative estimate of drug-likeness (QED) is 0.635. The zero-order valence-electron chi connectivity index (χ0n) is 14.8. The number of ether oxygens (including phenoxy) is 1. The number of quaternary nitrogens is 1. The maximum Gasteiger partial charge on any atom is 0.321 e. The van der Waals surface area contributed by atoms with E-state index >= 15 is 0 Å². The summed E-state index contributed by atoms with van der Waals surface area (Å²) in [5, 5.41) is 5.03. The molecule has 1 unspecified atom stereocenters. The summed E-state index contributed by atoms with van der Waals surface area (Å²) in [6.45, 7) is 1.15. The molecule has 0 spiro atoms. The van der Waals surface area contributed by atoms with Gasteiger partial charge in [-0.1, -0.05) is 46.3 Å². The Morgan fingerprint density at radius 2 is 1.88 bits per heavy atom. The molecule has 0 heterocycles. The Balaban J connectivity index is 1.79. The van der Waals surface area contributed by atoms with Crippen LogP contribution >= 0.6 is 15.9 Å². The molecule has 0 radical (unpaired) electrons. The van der Waals surface area contributed by atoms with Crippen LogP contribution in [0.25, 0.3) is 0 Å². The highest BCUT2D eigenvalue weighted by atomic mass is 79.9. The molecule has 0 fully saturated rings. The number of hydrogen-bond acceptors (Lipinski definition) is 3. The maximum atomic E-state index is 12.1. The van der Waals surface area contributed by atoms with Crippen molar-refractivity contribution >= 4 is 27.9 Å². The molecule has 0 aliphatic rings. The van der Waals surface area contributed by atoms with Gasteiger partial charge in [0.2, 0.25) is 0 Å². The minimum Gasteiger partial charge on any atom is -0.496 e. The minimum atomic E-state index is -0.494. The number of rotatable bonds is 7. The molecule has 3 amide bonds. The third-order valence-corrected chi connectivity index (χ3v) is 4.24. The van der Waals surface area contributed by atoms with Gasteiger partial charge >= 0.3 is 6.03 Å². The first kappa shape index (κ1) is 19.9. The zero-order valence-corrected chi connectivity index (χ0v) is 16.4. The molecule has 0 aliphatic carbocycles. The average molecular weight is 421 g/mol. The largest absolute Gasteiger partial charge is 0.496 e. The van der Waals surface area contributed by atoms with Crippen molar-refractivity contribution in [3.8, 4) is 5.75 Å². The van der Waals surface area contributed by atoms with Crippen LogP contribution in [-0.4, -0.2) is 32.6 Å². The van der Waals surface area contributed by atoms with Crippen molar-refractivity contribution in [2.45, 2.75) is 13.1 Å². The highest BCUT2D eigenvalue weighted by molar-refractivity contribution is 9.10.